The largest absolute Gasteiger partial charge is 0.454 e. The summed E-state index contributed by atoms with van der Waals surface area (Å²) in [5, 5.41) is 0. The number of rotatable bonds is 3. The van der Waals surface area contributed by atoms with E-state index < -0.39 is 0 Å². The van der Waals surface area contributed by atoms with Gasteiger partial charge in [-0.25, -0.2) is 4.79 Å². The van der Waals surface area contributed by atoms with Crippen LogP contribution in [-0.2, 0) is 9.53 Å². The molecule has 1 aliphatic rings. The molecule has 0 aromatic heterocycles. The molecule has 1 atom stereocenters. The minimum absolute atomic E-state index is 0.0942. The van der Waals surface area contributed by atoms with E-state index in [9.17, 15) is 4.79 Å². The summed E-state index contributed by atoms with van der Waals surface area (Å²) >= 11 is 0. The number of carbonyl (C=O) groups is 1. The molecule has 0 amide bonds. The molecule has 1 fully saturated rings. The molecule has 0 bridgehead atoms. The molecule has 0 aliphatic carbocycles. The number of carbonyl (C=O) groups excluding carboxylic acids is 1. The van der Waals surface area contributed by atoms with E-state index in [1.807, 2.05) is 19.1 Å². The Labute approximate surface area is 78.6 Å². The summed E-state index contributed by atoms with van der Waals surface area (Å²) in [5.74, 6) is -0.180. The predicted molar refractivity (Wildman–Crippen MR) is 52.2 cm³/mol. The average molecular weight is 178 g/mol. The normalized spacial score (nSPS) is 25.5. The van der Waals surface area contributed by atoms with Crippen molar-refractivity contribution in [3.05, 3.63) is 36.5 Å². The van der Waals surface area contributed by atoms with E-state index in [1.54, 1.807) is 12.2 Å². The Morgan fingerprint density at radius 1 is 1.69 bits per heavy atom. The topological polar surface area (TPSA) is 26.3 Å². The zero-order chi connectivity index (χ0) is 9.68. The fraction of sp³-hybridized carbons (Fsp3) is 0.364. The fourth-order valence-electron chi connectivity index (χ4n) is 1.28. The highest BCUT2D eigenvalue weighted by Crippen LogP contribution is 2.21. The lowest BCUT2D eigenvalue weighted by Crippen LogP contribution is -2.01. The lowest BCUT2D eigenvalue weighted by molar-refractivity contribution is -0.137. The molecular formula is C11H14O2. The molecule has 2 heteroatoms. The smallest absolute Gasteiger partial charge is 0.334 e. The highest BCUT2D eigenvalue weighted by molar-refractivity contribution is 5.90. The van der Waals surface area contributed by atoms with E-state index in [0.717, 1.165) is 12.0 Å². The minimum Gasteiger partial charge on any atom is -0.454 e. The monoisotopic (exact) mass is 178 g/mol. The lowest BCUT2D eigenvalue weighted by Gasteiger charge is -1.98. The number of esters is 1. The van der Waals surface area contributed by atoms with Crippen LogP contribution in [0.15, 0.2) is 36.5 Å². The predicted octanol–water partition coefficient (Wildman–Crippen LogP) is 2.38. The molecule has 1 aliphatic heterocycles. The Morgan fingerprint density at radius 2 is 2.46 bits per heavy atom. The van der Waals surface area contributed by atoms with Gasteiger partial charge < -0.3 is 4.74 Å². The third-order valence-corrected chi connectivity index (χ3v) is 1.85. The Kier molecular flexibility index (Phi) is 3.50. The second-order valence-electron chi connectivity index (χ2n) is 2.91. The van der Waals surface area contributed by atoms with Gasteiger partial charge in [0.25, 0.3) is 0 Å². The van der Waals surface area contributed by atoms with Crippen molar-refractivity contribution < 1.29 is 9.53 Å². The van der Waals surface area contributed by atoms with E-state index >= 15 is 0 Å². The Bertz CT molecular complexity index is 261. The van der Waals surface area contributed by atoms with Crippen molar-refractivity contribution in [2.24, 2.45) is 0 Å². The number of cyclic esters (lactones) is 1. The molecule has 0 spiro atoms. The number of hydrogen-bond donors (Lipinski definition) is 0. The van der Waals surface area contributed by atoms with Crippen molar-refractivity contribution in [2.75, 3.05) is 0 Å². The van der Waals surface area contributed by atoms with Gasteiger partial charge in [-0.3, -0.25) is 0 Å². The summed E-state index contributed by atoms with van der Waals surface area (Å²) in [6, 6.07) is 0. The van der Waals surface area contributed by atoms with E-state index in [-0.39, 0.29) is 12.1 Å². The fourth-order valence-corrected chi connectivity index (χ4v) is 1.28. The molecule has 0 unspecified atom stereocenters. The van der Waals surface area contributed by atoms with Crippen LogP contribution in [0.1, 0.15) is 19.8 Å². The maximum atomic E-state index is 11.2. The van der Waals surface area contributed by atoms with Crippen molar-refractivity contribution in [1.82, 2.24) is 0 Å². The molecule has 2 nitrogen and oxygen atoms in total. The number of allylic oxidation sites excluding steroid dienone is 3. The van der Waals surface area contributed by atoms with E-state index in [2.05, 4.69) is 6.58 Å². The van der Waals surface area contributed by atoms with Crippen molar-refractivity contribution in [3.63, 3.8) is 0 Å². The van der Waals surface area contributed by atoms with E-state index in [1.165, 1.54) is 0 Å². The van der Waals surface area contributed by atoms with Gasteiger partial charge in [-0.1, -0.05) is 31.7 Å². The second-order valence-corrected chi connectivity index (χ2v) is 2.91. The SMILES string of the molecule is C=C/C=C/[C@@H]1C/C(=C\CC)C(=O)O1. The Hall–Kier alpha value is -1.31. The second kappa shape index (κ2) is 4.65. The lowest BCUT2D eigenvalue weighted by atomic mass is 10.1. The zero-order valence-corrected chi connectivity index (χ0v) is 7.82. The van der Waals surface area contributed by atoms with Crippen molar-refractivity contribution in [2.45, 2.75) is 25.9 Å². The van der Waals surface area contributed by atoms with Gasteiger partial charge in [-0.05, 0) is 12.5 Å². The van der Waals surface area contributed by atoms with Gasteiger partial charge in [0.1, 0.15) is 6.10 Å². The van der Waals surface area contributed by atoms with Gasteiger partial charge >= 0.3 is 5.97 Å². The molecular weight excluding hydrogens is 164 g/mol. The number of hydrogen-bond acceptors (Lipinski definition) is 2. The highest BCUT2D eigenvalue weighted by atomic mass is 16.5. The third kappa shape index (κ3) is 2.58. The van der Waals surface area contributed by atoms with Crippen molar-refractivity contribution >= 4 is 5.97 Å². The summed E-state index contributed by atoms with van der Waals surface area (Å²) in [7, 11) is 0. The van der Waals surface area contributed by atoms with Crippen LogP contribution >= 0.6 is 0 Å². The third-order valence-electron chi connectivity index (χ3n) is 1.85. The summed E-state index contributed by atoms with van der Waals surface area (Å²) in [6.07, 6.45) is 8.72. The van der Waals surface area contributed by atoms with Gasteiger partial charge in [0.05, 0.1) is 0 Å². The molecule has 1 saturated heterocycles. The number of ether oxygens (including phenoxy) is 1. The molecule has 0 radical (unpaired) electrons. The Balaban J connectivity index is 2.60. The van der Waals surface area contributed by atoms with Crippen LogP contribution in [0.4, 0.5) is 0 Å². The molecule has 0 aromatic rings. The van der Waals surface area contributed by atoms with E-state index in [4.69, 9.17) is 4.74 Å². The molecule has 0 aromatic carbocycles. The summed E-state index contributed by atoms with van der Waals surface area (Å²) in [6.45, 7) is 5.56. The first kappa shape index (κ1) is 9.78. The van der Waals surface area contributed by atoms with Crippen molar-refractivity contribution in [1.29, 1.82) is 0 Å². The van der Waals surface area contributed by atoms with E-state index in [0.29, 0.717) is 6.42 Å². The molecule has 0 saturated carbocycles. The van der Waals surface area contributed by atoms with Gasteiger partial charge in [-0.15, -0.1) is 0 Å². The van der Waals surface area contributed by atoms with Crippen LogP contribution < -0.4 is 0 Å². The van der Waals surface area contributed by atoms with Gasteiger partial charge in [0.15, 0.2) is 0 Å². The molecule has 13 heavy (non-hydrogen) atoms. The highest BCUT2D eigenvalue weighted by Gasteiger charge is 2.25. The first-order chi connectivity index (χ1) is 6.27. The van der Waals surface area contributed by atoms with Crippen molar-refractivity contribution in [3.8, 4) is 0 Å². The van der Waals surface area contributed by atoms with Crippen LogP contribution in [0.3, 0.4) is 0 Å². The maximum absolute atomic E-state index is 11.2. The van der Waals surface area contributed by atoms with Crippen LogP contribution in [0.25, 0.3) is 0 Å². The average Bonchev–Trinajstić information content (AvgIpc) is 2.45. The summed E-state index contributed by atoms with van der Waals surface area (Å²) in [4.78, 5) is 11.2. The summed E-state index contributed by atoms with van der Waals surface area (Å²) in [5.41, 5.74) is 0.793. The molecule has 1 heterocycles. The molecule has 1 rings (SSSR count). The molecule has 70 valence electrons. The quantitative estimate of drug-likeness (QED) is 0.377. The Morgan fingerprint density at radius 3 is 3.08 bits per heavy atom. The standard InChI is InChI=1S/C11H14O2/c1-3-5-7-10-8-9(6-4-2)11(12)13-10/h3,5-7,10H,1,4,8H2,2H3/b7-5+,9-6+/t10-/m1/s1. The van der Waals surface area contributed by atoms with Gasteiger partial charge in [0.2, 0.25) is 0 Å². The zero-order valence-electron chi connectivity index (χ0n) is 7.82. The van der Waals surface area contributed by atoms with Crippen LogP contribution in [-0.4, -0.2) is 12.1 Å². The molecule has 0 N–H and O–H groups in total. The minimum atomic E-state index is -0.180. The van der Waals surface area contributed by atoms with Gasteiger partial charge in [-0.2, -0.15) is 0 Å². The summed E-state index contributed by atoms with van der Waals surface area (Å²) < 4.78 is 5.09. The van der Waals surface area contributed by atoms with Crippen LogP contribution in [0.2, 0.25) is 0 Å². The first-order valence-electron chi connectivity index (χ1n) is 4.47. The maximum Gasteiger partial charge on any atom is 0.334 e. The first-order valence-corrected chi connectivity index (χ1v) is 4.47. The van der Waals surface area contributed by atoms with Crippen LogP contribution in [0, 0.1) is 0 Å². The van der Waals surface area contributed by atoms with Gasteiger partial charge in [0, 0.05) is 12.0 Å². The van der Waals surface area contributed by atoms with Crippen LogP contribution in [0.5, 0.6) is 0 Å².